The average Bonchev–Trinajstić information content (AvgIpc) is 2.82. The number of methoxy groups -OCH3 is 2. The lowest BCUT2D eigenvalue weighted by atomic mass is 10.0. The van der Waals surface area contributed by atoms with E-state index in [1.54, 1.807) is 26.4 Å². The third kappa shape index (κ3) is 6.12. The predicted octanol–water partition coefficient (Wildman–Crippen LogP) is 7.00. The Balaban J connectivity index is 1.95. The molecule has 0 unspecified atom stereocenters. The normalized spacial score (nSPS) is 11.0. The topological polar surface area (TPSA) is 60.7 Å². The Morgan fingerprint density at radius 2 is 1.76 bits per heavy atom. The summed E-state index contributed by atoms with van der Waals surface area (Å²) in [7, 11) is 3.14. The highest BCUT2D eigenvalue weighted by Crippen LogP contribution is 2.37. The van der Waals surface area contributed by atoms with E-state index in [0.717, 1.165) is 20.3 Å². The van der Waals surface area contributed by atoms with Crippen molar-refractivity contribution in [1.82, 2.24) is 0 Å². The molecular formula is C26H23ClINO4. The summed E-state index contributed by atoms with van der Waals surface area (Å²) in [5.74, 6) is 2.40. The molecule has 0 aliphatic rings. The number of hydrogen-bond acceptors (Lipinski definition) is 5. The zero-order valence-corrected chi connectivity index (χ0v) is 21.4. The number of nitrogens with zero attached hydrogens (tertiary/aromatic N) is 1. The Morgan fingerprint density at radius 1 is 1.00 bits per heavy atom. The lowest BCUT2D eigenvalue weighted by Gasteiger charge is -2.15. The average molecular weight is 576 g/mol. The van der Waals surface area contributed by atoms with Gasteiger partial charge in [-0.2, -0.15) is 5.26 Å². The quantitative estimate of drug-likeness (QED) is 0.156. The van der Waals surface area contributed by atoms with Gasteiger partial charge in [-0.3, -0.25) is 0 Å². The first-order valence-electron chi connectivity index (χ1n) is 10.2. The van der Waals surface area contributed by atoms with E-state index in [4.69, 9.17) is 30.5 Å². The fourth-order valence-electron chi connectivity index (χ4n) is 3.19. The first-order chi connectivity index (χ1) is 16.0. The van der Waals surface area contributed by atoms with Crippen LogP contribution in [0.15, 0.2) is 54.6 Å². The van der Waals surface area contributed by atoms with Gasteiger partial charge in [0, 0.05) is 10.6 Å². The van der Waals surface area contributed by atoms with Gasteiger partial charge in [-0.25, -0.2) is 0 Å². The summed E-state index contributed by atoms with van der Waals surface area (Å²) in [6.07, 6.45) is 1.81. The second-order valence-electron chi connectivity index (χ2n) is 6.88. The minimum absolute atomic E-state index is 0.319. The molecule has 0 heterocycles. The largest absolute Gasteiger partial charge is 0.493 e. The molecule has 0 bridgehead atoms. The van der Waals surface area contributed by atoms with Gasteiger partial charge in [0.2, 0.25) is 0 Å². The maximum atomic E-state index is 9.80. The molecule has 0 saturated heterocycles. The first-order valence-corrected chi connectivity index (χ1v) is 11.6. The Morgan fingerprint density at radius 3 is 2.42 bits per heavy atom. The van der Waals surface area contributed by atoms with E-state index in [1.165, 1.54) is 0 Å². The van der Waals surface area contributed by atoms with Crippen LogP contribution >= 0.6 is 34.2 Å². The SMILES string of the molecule is CCOc1cc(/C=C(\C#N)c2ccc(OC)c(OC)c2)cc(I)c1OCc1ccccc1Cl. The molecule has 7 heteroatoms. The van der Waals surface area contributed by atoms with Crippen LogP contribution in [0.4, 0.5) is 0 Å². The van der Waals surface area contributed by atoms with Crippen molar-refractivity contribution in [1.29, 1.82) is 5.26 Å². The van der Waals surface area contributed by atoms with Crippen molar-refractivity contribution in [2.45, 2.75) is 13.5 Å². The molecule has 0 amide bonds. The number of allylic oxidation sites excluding steroid dienone is 1. The van der Waals surface area contributed by atoms with Gasteiger partial charge in [-0.05, 0) is 83.1 Å². The van der Waals surface area contributed by atoms with Gasteiger partial charge in [0.1, 0.15) is 6.61 Å². The zero-order chi connectivity index (χ0) is 23.8. The smallest absolute Gasteiger partial charge is 0.175 e. The van der Waals surface area contributed by atoms with Crippen molar-refractivity contribution < 1.29 is 18.9 Å². The fraction of sp³-hybridized carbons (Fsp3) is 0.192. The van der Waals surface area contributed by atoms with Gasteiger partial charge < -0.3 is 18.9 Å². The molecule has 170 valence electrons. The van der Waals surface area contributed by atoms with Crippen molar-refractivity contribution in [3.63, 3.8) is 0 Å². The van der Waals surface area contributed by atoms with Gasteiger partial charge in [0.15, 0.2) is 23.0 Å². The summed E-state index contributed by atoms with van der Waals surface area (Å²) >= 11 is 8.47. The number of hydrogen-bond donors (Lipinski definition) is 0. The van der Waals surface area contributed by atoms with Crippen LogP contribution in [0.2, 0.25) is 5.02 Å². The van der Waals surface area contributed by atoms with Crippen LogP contribution in [0.25, 0.3) is 11.6 Å². The summed E-state index contributed by atoms with van der Waals surface area (Å²) in [4.78, 5) is 0. The van der Waals surface area contributed by atoms with Crippen LogP contribution < -0.4 is 18.9 Å². The Bertz CT molecular complexity index is 1200. The number of halogens is 2. The van der Waals surface area contributed by atoms with Crippen LogP contribution in [-0.2, 0) is 6.61 Å². The monoisotopic (exact) mass is 575 g/mol. The second kappa shape index (κ2) is 11.8. The van der Waals surface area contributed by atoms with E-state index >= 15 is 0 Å². The molecule has 0 aliphatic heterocycles. The van der Waals surface area contributed by atoms with Gasteiger partial charge in [-0.1, -0.05) is 29.8 Å². The minimum Gasteiger partial charge on any atom is -0.493 e. The summed E-state index contributed by atoms with van der Waals surface area (Å²) in [6.45, 7) is 2.71. The molecule has 0 fully saturated rings. The number of benzene rings is 3. The summed E-state index contributed by atoms with van der Waals surface area (Å²) < 4.78 is 23.5. The fourth-order valence-corrected chi connectivity index (χ4v) is 4.16. The molecule has 0 aliphatic carbocycles. The van der Waals surface area contributed by atoms with Crippen LogP contribution in [-0.4, -0.2) is 20.8 Å². The Hall–Kier alpha value is -2.89. The third-order valence-electron chi connectivity index (χ3n) is 4.79. The van der Waals surface area contributed by atoms with Gasteiger partial charge in [-0.15, -0.1) is 0 Å². The number of ether oxygens (including phenoxy) is 4. The van der Waals surface area contributed by atoms with Gasteiger partial charge >= 0.3 is 0 Å². The van der Waals surface area contributed by atoms with Crippen molar-refractivity contribution in [2.75, 3.05) is 20.8 Å². The predicted molar refractivity (Wildman–Crippen MR) is 139 cm³/mol. The van der Waals surface area contributed by atoms with Crippen LogP contribution in [0.3, 0.4) is 0 Å². The van der Waals surface area contributed by atoms with E-state index in [2.05, 4.69) is 28.7 Å². The standard InChI is InChI=1S/C26H23ClINO4/c1-4-32-25-13-17(11-20(15-29)18-9-10-23(30-2)24(14-18)31-3)12-22(28)26(25)33-16-19-7-5-6-8-21(19)27/h5-14H,4,16H2,1-3H3/b20-11+. The molecule has 3 rings (SSSR count). The molecule has 0 atom stereocenters. The van der Waals surface area contributed by atoms with E-state index in [-0.39, 0.29) is 0 Å². The summed E-state index contributed by atoms with van der Waals surface area (Å²) in [5, 5.41) is 10.5. The molecule has 0 saturated carbocycles. The van der Waals surface area contributed by atoms with E-state index in [1.807, 2.05) is 55.5 Å². The molecule has 5 nitrogen and oxygen atoms in total. The molecule has 0 spiro atoms. The third-order valence-corrected chi connectivity index (χ3v) is 5.96. The summed E-state index contributed by atoms with van der Waals surface area (Å²) in [5.41, 5.74) is 2.92. The highest BCUT2D eigenvalue weighted by molar-refractivity contribution is 14.1. The van der Waals surface area contributed by atoms with Crippen LogP contribution in [0.5, 0.6) is 23.0 Å². The Labute approximate surface area is 212 Å². The summed E-state index contributed by atoms with van der Waals surface area (Å²) in [6, 6.07) is 19.0. The van der Waals surface area contributed by atoms with Crippen molar-refractivity contribution >= 4 is 45.8 Å². The van der Waals surface area contributed by atoms with Crippen molar-refractivity contribution in [3.8, 4) is 29.1 Å². The van der Waals surface area contributed by atoms with E-state index in [0.29, 0.717) is 46.8 Å². The molecular weight excluding hydrogens is 553 g/mol. The second-order valence-corrected chi connectivity index (χ2v) is 8.45. The minimum atomic E-state index is 0.319. The van der Waals surface area contributed by atoms with Crippen LogP contribution in [0, 0.1) is 14.9 Å². The molecule has 0 N–H and O–H groups in total. The highest BCUT2D eigenvalue weighted by atomic mass is 127. The number of rotatable bonds is 9. The number of nitriles is 1. The van der Waals surface area contributed by atoms with Crippen LogP contribution in [0.1, 0.15) is 23.6 Å². The molecule has 0 aromatic heterocycles. The lowest BCUT2D eigenvalue weighted by molar-refractivity contribution is 0.267. The van der Waals surface area contributed by atoms with E-state index < -0.39 is 0 Å². The van der Waals surface area contributed by atoms with Gasteiger partial charge in [0.05, 0.1) is 36.0 Å². The zero-order valence-electron chi connectivity index (χ0n) is 18.5. The maximum absolute atomic E-state index is 9.80. The maximum Gasteiger partial charge on any atom is 0.175 e. The van der Waals surface area contributed by atoms with Crippen molar-refractivity contribution in [2.24, 2.45) is 0 Å². The van der Waals surface area contributed by atoms with E-state index in [9.17, 15) is 5.26 Å². The van der Waals surface area contributed by atoms with Gasteiger partial charge in [0.25, 0.3) is 0 Å². The van der Waals surface area contributed by atoms with Crippen molar-refractivity contribution in [3.05, 3.63) is 79.9 Å². The molecule has 3 aromatic carbocycles. The Kier molecular flexibility index (Phi) is 8.87. The molecule has 33 heavy (non-hydrogen) atoms. The lowest BCUT2D eigenvalue weighted by Crippen LogP contribution is -2.02. The molecule has 0 radical (unpaired) electrons. The highest BCUT2D eigenvalue weighted by Gasteiger charge is 2.14. The first kappa shape index (κ1) is 24.7. The molecule has 3 aromatic rings.